The van der Waals surface area contributed by atoms with E-state index in [2.05, 4.69) is 5.32 Å². The molecule has 0 fully saturated rings. The molecule has 0 bridgehead atoms. The number of hydrogen-bond donors (Lipinski definition) is 1. The number of furan rings is 1. The molecular weight excluding hydrogens is 202 g/mol. The van der Waals surface area contributed by atoms with Crippen LogP contribution in [0.3, 0.4) is 0 Å². The van der Waals surface area contributed by atoms with Gasteiger partial charge in [-0.25, -0.2) is 0 Å². The van der Waals surface area contributed by atoms with E-state index in [1.807, 2.05) is 0 Å². The maximum Gasteiger partial charge on any atom is 0.287 e. The normalized spacial score (nSPS) is 9.79. The van der Waals surface area contributed by atoms with E-state index in [1.165, 1.54) is 24.9 Å². The average Bonchev–Trinajstić information content (AvgIpc) is 2.64. The minimum Gasteiger partial charge on any atom is -0.459 e. The van der Waals surface area contributed by atoms with Gasteiger partial charge in [0.1, 0.15) is 0 Å². The van der Waals surface area contributed by atoms with Crippen LogP contribution in [-0.2, 0) is 4.79 Å². The number of carbonyl (C=O) groups excluding carboxylic acids is 2. The number of thioether (sulfide) groups is 1. The lowest BCUT2D eigenvalue weighted by molar-refractivity contribution is -0.109. The third-order valence-corrected chi connectivity index (χ3v) is 2.25. The standard InChI is InChI=1S/C9H11NO3S/c1-7(11)14-6-4-10-9(12)8-3-2-5-13-8/h2-3,5H,4,6H2,1H3,(H,10,12). The number of amides is 1. The third kappa shape index (κ3) is 3.66. The molecule has 0 saturated heterocycles. The molecule has 0 spiro atoms. The summed E-state index contributed by atoms with van der Waals surface area (Å²) in [6.45, 7) is 1.96. The molecule has 1 aromatic rings. The number of rotatable bonds is 4. The van der Waals surface area contributed by atoms with Crippen LogP contribution in [-0.4, -0.2) is 23.3 Å². The summed E-state index contributed by atoms with van der Waals surface area (Å²) < 4.78 is 4.89. The third-order valence-electron chi connectivity index (χ3n) is 1.44. The second-order valence-corrected chi connectivity index (χ2v) is 3.85. The largest absolute Gasteiger partial charge is 0.459 e. The van der Waals surface area contributed by atoms with E-state index in [1.54, 1.807) is 12.1 Å². The predicted octanol–water partition coefficient (Wildman–Crippen LogP) is 1.29. The Labute approximate surface area is 86.0 Å². The molecule has 1 N–H and O–H groups in total. The molecule has 0 aromatic carbocycles. The van der Waals surface area contributed by atoms with Crippen molar-refractivity contribution in [1.82, 2.24) is 5.32 Å². The van der Waals surface area contributed by atoms with Gasteiger partial charge in [0.05, 0.1) is 6.26 Å². The molecule has 0 aliphatic carbocycles. The fourth-order valence-corrected chi connectivity index (χ4v) is 1.35. The molecule has 0 radical (unpaired) electrons. The molecule has 0 aliphatic heterocycles. The quantitative estimate of drug-likeness (QED) is 0.766. The minimum atomic E-state index is -0.251. The summed E-state index contributed by atoms with van der Waals surface area (Å²) in [5.74, 6) is 0.624. The Morgan fingerprint density at radius 2 is 2.36 bits per heavy atom. The molecule has 0 aliphatic rings. The zero-order chi connectivity index (χ0) is 10.4. The zero-order valence-electron chi connectivity index (χ0n) is 7.78. The first-order chi connectivity index (χ1) is 6.70. The highest BCUT2D eigenvalue weighted by molar-refractivity contribution is 8.13. The van der Waals surface area contributed by atoms with Gasteiger partial charge in [0.15, 0.2) is 10.9 Å². The molecule has 76 valence electrons. The Balaban J connectivity index is 2.19. The highest BCUT2D eigenvalue weighted by atomic mass is 32.2. The first-order valence-corrected chi connectivity index (χ1v) is 5.14. The van der Waals surface area contributed by atoms with E-state index in [4.69, 9.17) is 4.42 Å². The Hall–Kier alpha value is -1.23. The lowest BCUT2D eigenvalue weighted by Crippen LogP contribution is -2.25. The lowest BCUT2D eigenvalue weighted by Gasteiger charge is -2.00. The van der Waals surface area contributed by atoms with Gasteiger partial charge in [-0.1, -0.05) is 11.8 Å². The van der Waals surface area contributed by atoms with Crippen LogP contribution in [0.5, 0.6) is 0 Å². The van der Waals surface area contributed by atoms with Gasteiger partial charge in [-0.15, -0.1) is 0 Å². The number of hydrogen-bond acceptors (Lipinski definition) is 4. The van der Waals surface area contributed by atoms with E-state index in [0.717, 1.165) is 0 Å². The number of nitrogens with one attached hydrogen (secondary N) is 1. The summed E-state index contributed by atoms with van der Waals surface area (Å²) in [6.07, 6.45) is 1.44. The molecule has 1 heterocycles. The Morgan fingerprint density at radius 1 is 1.57 bits per heavy atom. The molecule has 0 saturated carbocycles. The second kappa shape index (κ2) is 5.49. The molecule has 5 heteroatoms. The summed E-state index contributed by atoms with van der Waals surface area (Å²) in [7, 11) is 0. The fourth-order valence-electron chi connectivity index (χ4n) is 0.854. The van der Waals surface area contributed by atoms with Gasteiger partial charge in [0.25, 0.3) is 5.91 Å². The fraction of sp³-hybridized carbons (Fsp3) is 0.333. The van der Waals surface area contributed by atoms with Gasteiger partial charge in [0.2, 0.25) is 0 Å². The summed E-state index contributed by atoms with van der Waals surface area (Å²) in [6, 6.07) is 3.24. The maximum absolute atomic E-state index is 11.3. The summed E-state index contributed by atoms with van der Waals surface area (Å²) in [5.41, 5.74) is 0. The summed E-state index contributed by atoms with van der Waals surface area (Å²) >= 11 is 1.19. The van der Waals surface area contributed by atoms with E-state index in [9.17, 15) is 9.59 Å². The van der Waals surface area contributed by atoms with Crippen molar-refractivity contribution in [2.24, 2.45) is 0 Å². The monoisotopic (exact) mass is 213 g/mol. The lowest BCUT2D eigenvalue weighted by atomic mass is 10.4. The average molecular weight is 213 g/mol. The summed E-state index contributed by atoms with van der Waals surface area (Å²) in [4.78, 5) is 21.8. The smallest absolute Gasteiger partial charge is 0.287 e. The van der Waals surface area contributed by atoms with Crippen LogP contribution < -0.4 is 5.32 Å². The van der Waals surface area contributed by atoms with Gasteiger partial charge in [-0.05, 0) is 12.1 Å². The Kier molecular flexibility index (Phi) is 4.25. The molecule has 4 nitrogen and oxygen atoms in total. The highest BCUT2D eigenvalue weighted by Crippen LogP contribution is 2.01. The van der Waals surface area contributed by atoms with Crippen molar-refractivity contribution in [1.29, 1.82) is 0 Å². The van der Waals surface area contributed by atoms with E-state index < -0.39 is 0 Å². The van der Waals surface area contributed by atoms with Crippen LogP contribution in [0, 0.1) is 0 Å². The first kappa shape index (κ1) is 10.8. The van der Waals surface area contributed by atoms with Crippen molar-refractivity contribution < 1.29 is 14.0 Å². The van der Waals surface area contributed by atoms with Gasteiger partial charge in [0, 0.05) is 19.2 Å². The summed E-state index contributed by atoms with van der Waals surface area (Å²) in [5, 5.41) is 2.69. The molecule has 14 heavy (non-hydrogen) atoms. The van der Waals surface area contributed by atoms with Crippen LogP contribution >= 0.6 is 11.8 Å². The van der Waals surface area contributed by atoms with Crippen LogP contribution in [0.2, 0.25) is 0 Å². The Morgan fingerprint density at radius 3 is 2.93 bits per heavy atom. The van der Waals surface area contributed by atoms with Gasteiger partial charge >= 0.3 is 0 Å². The molecule has 1 amide bonds. The second-order valence-electron chi connectivity index (χ2n) is 2.57. The predicted molar refractivity (Wildman–Crippen MR) is 54.2 cm³/mol. The maximum atomic E-state index is 11.3. The van der Waals surface area contributed by atoms with Gasteiger partial charge in [-0.3, -0.25) is 9.59 Å². The van der Waals surface area contributed by atoms with E-state index in [0.29, 0.717) is 12.3 Å². The van der Waals surface area contributed by atoms with Gasteiger partial charge < -0.3 is 9.73 Å². The van der Waals surface area contributed by atoms with Crippen molar-refractivity contribution in [2.45, 2.75) is 6.92 Å². The van der Waals surface area contributed by atoms with Crippen molar-refractivity contribution >= 4 is 22.8 Å². The van der Waals surface area contributed by atoms with E-state index in [-0.39, 0.29) is 16.8 Å². The van der Waals surface area contributed by atoms with Crippen molar-refractivity contribution in [3.63, 3.8) is 0 Å². The van der Waals surface area contributed by atoms with Crippen LogP contribution in [0.1, 0.15) is 17.5 Å². The zero-order valence-corrected chi connectivity index (χ0v) is 8.60. The Bertz CT molecular complexity index is 308. The molecule has 0 atom stereocenters. The van der Waals surface area contributed by atoms with Crippen LogP contribution in [0.4, 0.5) is 0 Å². The van der Waals surface area contributed by atoms with Gasteiger partial charge in [-0.2, -0.15) is 0 Å². The molecular formula is C9H11NO3S. The van der Waals surface area contributed by atoms with Crippen LogP contribution in [0.15, 0.2) is 22.8 Å². The van der Waals surface area contributed by atoms with Crippen molar-refractivity contribution in [3.8, 4) is 0 Å². The van der Waals surface area contributed by atoms with Crippen molar-refractivity contribution in [3.05, 3.63) is 24.2 Å². The highest BCUT2D eigenvalue weighted by Gasteiger charge is 2.06. The topological polar surface area (TPSA) is 59.3 Å². The SMILES string of the molecule is CC(=O)SCCNC(=O)c1ccco1. The number of carbonyl (C=O) groups is 2. The first-order valence-electron chi connectivity index (χ1n) is 4.15. The van der Waals surface area contributed by atoms with Crippen LogP contribution in [0.25, 0.3) is 0 Å². The molecule has 1 rings (SSSR count). The van der Waals surface area contributed by atoms with Crippen molar-refractivity contribution in [2.75, 3.05) is 12.3 Å². The minimum absolute atomic E-state index is 0.0530. The molecule has 0 unspecified atom stereocenters. The molecule has 1 aromatic heterocycles. The van der Waals surface area contributed by atoms with E-state index >= 15 is 0 Å².